The number of benzene rings is 2. The highest BCUT2D eigenvalue weighted by Gasteiger charge is 2.30. The Bertz CT molecular complexity index is 1120. The maximum atomic E-state index is 12.8. The Kier molecular flexibility index (Phi) is 5.53. The summed E-state index contributed by atoms with van der Waals surface area (Å²) in [5, 5.41) is 4.26. The van der Waals surface area contributed by atoms with E-state index in [2.05, 4.69) is 21.0 Å². The second-order valence-electron chi connectivity index (χ2n) is 6.66. The number of sulfonamides is 1. The molecule has 1 aromatic heterocycles. The van der Waals surface area contributed by atoms with Crippen LogP contribution < -0.4 is 0 Å². The number of hydrogen-bond acceptors (Lipinski definition) is 4. The summed E-state index contributed by atoms with van der Waals surface area (Å²) in [7, 11) is -3.58. The van der Waals surface area contributed by atoms with Crippen molar-refractivity contribution in [3.8, 4) is 5.69 Å². The van der Waals surface area contributed by atoms with Crippen molar-refractivity contribution in [3.05, 3.63) is 77.0 Å². The zero-order chi connectivity index (χ0) is 20.4. The Morgan fingerprint density at radius 3 is 2.38 bits per heavy atom. The molecule has 0 radical (unpaired) electrons. The average Bonchev–Trinajstić information content (AvgIpc) is 3.24. The first-order chi connectivity index (χ1) is 13.9. The summed E-state index contributed by atoms with van der Waals surface area (Å²) in [6.07, 6.45) is 3.24. The SMILES string of the molecule is O=C(c1cnn(-c2ccccc2)c1)N1CCN(S(=O)(=O)c2cccc(Br)c2)CC1. The van der Waals surface area contributed by atoms with Gasteiger partial charge in [-0.3, -0.25) is 4.79 Å². The number of hydrogen-bond donors (Lipinski definition) is 0. The van der Waals surface area contributed by atoms with Crippen LogP contribution in [-0.4, -0.2) is 59.5 Å². The molecule has 7 nitrogen and oxygen atoms in total. The van der Waals surface area contributed by atoms with Crippen LogP contribution in [0, 0.1) is 0 Å². The minimum atomic E-state index is -3.58. The largest absolute Gasteiger partial charge is 0.336 e. The third kappa shape index (κ3) is 4.12. The zero-order valence-electron chi connectivity index (χ0n) is 15.5. The first kappa shape index (κ1) is 19.8. The van der Waals surface area contributed by atoms with E-state index in [1.807, 2.05) is 30.3 Å². The Hall–Kier alpha value is -2.49. The molecular formula is C20H19BrN4O3S. The van der Waals surface area contributed by atoms with E-state index in [0.717, 1.165) is 5.69 Å². The van der Waals surface area contributed by atoms with Crippen LogP contribution in [0.2, 0.25) is 0 Å². The van der Waals surface area contributed by atoms with E-state index in [0.29, 0.717) is 23.1 Å². The fraction of sp³-hybridized carbons (Fsp3) is 0.200. The van der Waals surface area contributed by atoms with E-state index in [-0.39, 0.29) is 23.9 Å². The van der Waals surface area contributed by atoms with Gasteiger partial charge in [0.1, 0.15) is 0 Å². The molecule has 1 aliphatic rings. The van der Waals surface area contributed by atoms with Crippen LogP contribution in [0.5, 0.6) is 0 Å². The molecular weight excluding hydrogens is 456 g/mol. The monoisotopic (exact) mass is 474 g/mol. The first-order valence-electron chi connectivity index (χ1n) is 9.10. The third-order valence-electron chi connectivity index (χ3n) is 4.81. The molecule has 29 heavy (non-hydrogen) atoms. The first-order valence-corrected chi connectivity index (χ1v) is 11.3. The normalized spacial score (nSPS) is 15.4. The average molecular weight is 475 g/mol. The predicted octanol–water partition coefficient (Wildman–Crippen LogP) is 2.78. The van der Waals surface area contributed by atoms with Crippen LogP contribution in [0.3, 0.4) is 0 Å². The molecule has 1 saturated heterocycles. The molecule has 1 amide bonds. The number of halogens is 1. The van der Waals surface area contributed by atoms with Crippen LogP contribution in [0.4, 0.5) is 0 Å². The van der Waals surface area contributed by atoms with Crippen LogP contribution in [0.1, 0.15) is 10.4 Å². The van der Waals surface area contributed by atoms with Crippen molar-refractivity contribution in [2.24, 2.45) is 0 Å². The number of nitrogens with zero attached hydrogens (tertiary/aromatic N) is 4. The van der Waals surface area contributed by atoms with E-state index >= 15 is 0 Å². The molecule has 9 heteroatoms. The molecule has 0 spiro atoms. The lowest BCUT2D eigenvalue weighted by molar-refractivity contribution is 0.0698. The molecule has 1 aliphatic heterocycles. The van der Waals surface area contributed by atoms with Gasteiger partial charge in [0.05, 0.1) is 22.3 Å². The van der Waals surface area contributed by atoms with E-state index in [4.69, 9.17) is 0 Å². The molecule has 4 rings (SSSR count). The van der Waals surface area contributed by atoms with Gasteiger partial charge in [0.25, 0.3) is 5.91 Å². The quantitative estimate of drug-likeness (QED) is 0.582. The molecule has 1 fully saturated rings. The number of aromatic nitrogens is 2. The van der Waals surface area contributed by atoms with Crippen LogP contribution in [0.25, 0.3) is 5.69 Å². The van der Waals surface area contributed by atoms with Gasteiger partial charge in [-0.05, 0) is 30.3 Å². The van der Waals surface area contributed by atoms with Gasteiger partial charge >= 0.3 is 0 Å². The second kappa shape index (κ2) is 8.10. The van der Waals surface area contributed by atoms with Crippen molar-refractivity contribution in [2.45, 2.75) is 4.90 Å². The van der Waals surface area contributed by atoms with E-state index < -0.39 is 10.0 Å². The van der Waals surface area contributed by atoms with Gasteiger partial charge in [-0.15, -0.1) is 0 Å². The summed E-state index contributed by atoms with van der Waals surface area (Å²) >= 11 is 3.31. The lowest BCUT2D eigenvalue weighted by Gasteiger charge is -2.33. The van der Waals surface area contributed by atoms with Crippen LogP contribution in [0.15, 0.2) is 76.4 Å². The molecule has 2 aromatic carbocycles. The molecule has 0 bridgehead atoms. The van der Waals surface area contributed by atoms with Crippen LogP contribution in [-0.2, 0) is 10.0 Å². The van der Waals surface area contributed by atoms with Gasteiger partial charge in [-0.1, -0.05) is 40.2 Å². The fourth-order valence-corrected chi connectivity index (χ4v) is 5.27. The number of piperazine rings is 1. The third-order valence-corrected chi connectivity index (χ3v) is 7.20. The van der Waals surface area contributed by atoms with Crippen molar-refractivity contribution < 1.29 is 13.2 Å². The Morgan fingerprint density at radius 2 is 1.69 bits per heavy atom. The second-order valence-corrected chi connectivity index (χ2v) is 9.52. The van der Waals surface area contributed by atoms with Crippen molar-refractivity contribution >= 4 is 31.9 Å². The summed E-state index contributed by atoms with van der Waals surface area (Å²) in [5.41, 5.74) is 1.36. The minimum absolute atomic E-state index is 0.147. The van der Waals surface area contributed by atoms with Gasteiger partial charge in [0.2, 0.25) is 10.0 Å². The molecule has 3 aromatic rings. The number of rotatable bonds is 4. The summed E-state index contributed by atoms with van der Waals surface area (Å²) < 4.78 is 29.5. The Labute approximate surface area is 177 Å². The maximum Gasteiger partial charge on any atom is 0.257 e. The molecule has 0 unspecified atom stereocenters. The topological polar surface area (TPSA) is 75.5 Å². The lowest BCUT2D eigenvalue weighted by Crippen LogP contribution is -2.50. The van der Waals surface area contributed by atoms with Gasteiger partial charge in [-0.2, -0.15) is 9.40 Å². The minimum Gasteiger partial charge on any atom is -0.336 e. The van der Waals surface area contributed by atoms with Gasteiger partial charge in [0, 0.05) is 36.8 Å². The molecule has 150 valence electrons. The fourth-order valence-electron chi connectivity index (χ4n) is 3.25. The van der Waals surface area contributed by atoms with Crippen molar-refractivity contribution in [3.63, 3.8) is 0 Å². The lowest BCUT2D eigenvalue weighted by atomic mass is 10.2. The summed E-state index contributed by atoms with van der Waals surface area (Å²) in [5.74, 6) is -0.147. The maximum absolute atomic E-state index is 12.8. The predicted molar refractivity (Wildman–Crippen MR) is 112 cm³/mol. The Morgan fingerprint density at radius 1 is 0.966 bits per heavy atom. The van der Waals surface area contributed by atoms with Crippen LogP contribution >= 0.6 is 15.9 Å². The highest BCUT2D eigenvalue weighted by atomic mass is 79.9. The van der Waals surface area contributed by atoms with Crippen molar-refractivity contribution in [1.29, 1.82) is 0 Å². The van der Waals surface area contributed by atoms with E-state index in [1.54, 1.807) is 46.2 Å². The number of para-hydroxylation sites is 1. The van der Waals surface area contributed by atoms with E-state index in [1.165, 1.54) is 4.31 Å². The Balaban J connectivity index is 1.43. The zero-order valence-corrected chi connectivity index (χ0v) is 17.9. The number of carbonyl (C=O) groups is 1. The number of amides is 1. The molecule has 0 aliphatic carbocycles. The standard InChI is InChI=1S/C20H19BrN4O3S/c21-17-5-4-8-19(13-17)29(27,28)24-11-9-23(10-12-24)20(26)16-14-22-25(15-16)18-6-2-1-3-7-18/h1-8,13-15H,9-12H2. The highest BCUT2D eigenvalue weighted by molar-refractivity contribution is 9.10. The summed E-state index contributed by atoms with van der Waals surface area (Å²) in [6, 6.07) is 16.2. The molecule has 0 atom stereocenters. The smallest absolute Gasteiger partial charge is 0.257 e. The summed E-state index contributed by atoms with van der Waals surface area (Å²) in [6.45, 7) is 1.19. The van der Waals surface area contributed by atoms with Gasteiger partial charge in [0.15, 0.2) is 0 Å². The van der Waals surface area contributed by atoms with Gasteiger partial charge in [-0.25, -0.2) is 13.1 Å². The molecule has 2 heterocycles. The molecule has 0 N–H and O–H groups in total. The van der Waals surface area contributed by atoms with E-state index in [9.17, 15) is 13.2 Å². The number of carbonyl (C=O) groups excluding carboxylic acids is 1. The van der Waals surface area contributed by atoms with Crippen molar-refractivity contribution in [1.82, 2.24) is 19.0 Å². The van der Waals surface area contributed by atoms with Crippen molar-refractivity contribution in [2.75, 3.05) is 26.2 Å². The highest BCUT2D eigenvalue weighted by Crippen LogP contribution is 2.21. The molecule has 0 saturated carbocycles. The summed E-state index contributed by atoms with van der Waals surface area (Å²) in [4.78, 5) is 14.7. The van der Waals surface area contributed by atoms with Gasteiger partial charge < -0.3 is 4.90 Å².